The van der Waals surface area contributed by atoms with E-state index in [1.165, 1.54) is 12.3 Å². The molecule has 0 aliphatic heterocycles. The molecule has 1 aromatic heterocycles. The first-order valence-electron chi connectivity index (χ1n) is 4.96. The Balaban J connectivity index is 2.44. The number of sulfonamides is 1. The maximum absolute atomic E-state index is 13.5. The minimum absolute atomic E-state index is 0.0473. The molecular formula is C10H5Cl3FN3O2S. The molecule has 20 heavy (non-hydrogen) atoms. The summed E-state index contributed by atoms with van der Waals surface area (Å²) >= 11 is 16.7. The van der Waals surface area contributed by atoms with Crippen molar-refractivity contribution in [2.45, 2.75) is 4.90 Å². The molecular weight excluding hydrogens is 352 g/mol. The summed E-state index contributed by atoms with van der Waals surface area (Å²) in [5.74, 6) is -1.29. The number of hydrogen-bond donors (Lipinski definition) is 1. The van der Waals surface area contributed by atoms with Crippen LogP contribution in [0.4, 0.5) is 10.3 Å². The minimum atomic E-state index is -4.16. The monoisotopic (exact) mass is 355 g/mol. The van der Waals surface area contributed by atoms with Gasteiger partial charge >= 0.3 is 0 Å². The SMILES string of the molecule is O=S(=O)(Nc1nccc(Cl)n1)c1ccc(Cl)c(F)c1Cl. The highest BCUT2D eigenvalue weighted by Gasteiger charge is 2.23. The number of hydrogen-bond acceptors (Lipinski definition) is 4. The summed E-state index contributed by atoms with van der Waals surface area (Å²) < 4.78 is 39.7. The van der Waals surface area contributed by atoms with Crippen LogP contribution in [0.3, 0.4) is 0 Å². The fourth-order valence-electron chi connectivity index (χ4n) is 1.28. The van der Waals surface area contributed by atoms with Crippen molar-refractivity contribution in [3.05, 3.63) is 45.4 Å². The molecule has 2 aromatic rings. The number of nitrogens with zero attached hydrogens (tertiary/aromatic N) is 2. The summed E-state index contributed by atoms with van der Waals surface area (Å²) in [6.07, 6.45) is 1.26. The van der Waals surface area contributed by atoms with E-state index in [9.17, 15) is 12.8 Å². The molecule has 0 aliphatic carbocycles. The van der Waals surface area contributed by atoms with Crippen LogP contribution in [0.1, 0.15) is 0 Å². The van der Waals surface area contributed by atoms with E-state index in [-0.39, 0.29) is 16.1 Å². The Kier molecular flexibility index (Phi) is 4.33. The Hall–Kier alpha value is -1.15. The lowest BCUT2D eigenvalue weighted by atomic mass is 10.3. The number of halogens is 4. The van der Waals surface area contributed by atoms with Gasteiger partial charge in [-0.25, -0.2) is 27.5 Å². The van der Waals surface area contributed by atoms with Crippen molar-refractivity contribution in [1.82, 2.24) is 9.97 Å². The number of benzene rings is 1. The first-order valence-corrected chi connectivity index (χ1v) is 7.58. The van der Waals surface area contributed by atoms with Crippen molar-refractivity contribution in [2.24, 2.45) is 0 Å². The normalized spacial score (nSPS) is 11.4. The van der Waals surface area contributed by atoms with E-state index < -0.39 is 25.8 Å². The van der Waals surface area contributed by atoms with E-state index in [0.717, 1.165) is 12.1 Å². The molecule has 2 rings (SSSR count). The third kappa shape index (κ3) is 3.12. The largest absolute Gasteiger partial charge is 0.265 e. The van der Waals surface area contributed by atoms with Gasteiger partial charge in [0.15, 0.2) is 5.82 Å². The van der Waals surface area contributed by atoms with Gasteiger partial charge in [0.1, 0.15) is 10.0 Å². The number of aromatic nitrogens is 2. The first kappa shape index (κ1) is 15.2. The van der Waals surface area contributed by atoms with Crippen LogP contribution in [-0.2, 0) is 10.0 Å². The summed E-state index contributed by atoms with van der Waals surface area (Å²) in [6, 6.07) is 3.52. The maximum atomic E-state index is 13.5. The van der Waals surface area contributed by atoms with Gasteiger partial charge in [-0.15, -0.1) is 0 Å². The van der Waals surface area contributed by atoms with Crippen LogP contribution in [0.5, 0.6) is 0 Å². The predicted octanol–water partition coefficient (Wildman–Crippen LogP) is 3.38. The van der Waals surface area contributed by atoms with Gasteiger partial charge in [0, 0.05) is 6.20 Å². The molecule has 1 aromatic carbocycles. The van der Waals surface area contributed by atoms with Crippen molar-refractivity contribution >= 4 is 50.8 Å². The van der Waals surface area contributed by atoms with E-state index in [4.69, 9.17) is 34.8 Å². The van der Waals surface area contributed by atoms with Crippen LogP contribution in [0.15, 0.2) is 29.3 Å². The van der Waals surface area contributed by atoms with Gasteiger partial charge in [-0.3, -0.25) is 0 Å². The van der Waals surface area contributed by atoms with Gasteiger partial charge in [0.05, 0.1) is 10.0 Å². The van der Waals surface area contributed by atoms with Crippen LogP contribution in [-0.4, -0.2) is 18.4 Å². The Labute approximate surface area is 128 Å². The van der Waals surface area contributed by atoms with Crippen LogP contribution >= 0.6 is 34.8 Å². The molecule has 5 nitrogen and oxygen atoms in total. The Morgan fingerprint density at radius 1 is 1.15 bits per heavy atom. The standard InChI is InChI=1S/C10H5Cl3FN3O2S/c11-5-1-2-6(8(13)9(5)14)20(18,19)17-10-15-4-3-7(12)16-10/h1-4H,(H,15,16,17). The molecule has 106 valence electrons. The summed E-state index contributed by atoms with van der Waals surface area (Å²) in [5.41, 5.74) is 0. The predicted molar refractivity (Wildman–Crippen MR) is 74.3 cm³/mol. The molecule has 1 heterocycles. The zero-order chi connectivity index (χ0) is 14.9. The van der Waals surface area contributed by atoms with E-state index in [1.807, 2.05) is 4.72 Å². The molecule has 0 atom stereocenters. The van der Waals surface area contributed by atoms with Gasteiger partial charge in [-0.2, -0.15) is 0 Å². The lowest BCUT2D eigenvalue weighted by Gasteiger charge is -2.09. The number of nitrogens with one attached hydrogen (secondary N) is 1. The minimum Gasteiger partial charge on any atom is -0.247 e. The molecule has 0 bridgehead atoms. The molecule has 0 spiro atoms. The highest BCUT2D eigenvalue weighted by Crippen LogP contribution is 2.30. The maximum Gasteiger partial charge on any atom is 0.265 e. The van der Waals surface area contributed by atoms with Crippen molar-refractivity contribution in [1.29, 1.82) is 0 Å². The smallest absolute Gasteiger partial charge is 0.247 e. The summed E-state index contributed by atoms with van der Waals surface area (Å²) in [5, 5.41) is -0.855. The summed E-state index contributed by atoms with van der Waals surface area (Å²) in [7, 11) is -4.16. The molecule has 0 saturated carbocycles. The van der Waals surface area contributed by atoms with E-state index in [0.29, 0.717) is 0 Å². The third-order valence-corrected chi connectivity index (χ3v) is 4.49. The topological polar surface area (TPSA) is 72.0 Å². The average molecular weight is 357 g/mol. The van der Waals surface area contributed by atoms with Crippen molar-refractivity contribution in [3.8, 4) is 0 Å². The molecule has 0 unspecified atom stereocenters. The average Bonchev–Trinajstić information content (AvgIpc) is 2.35. The van der Waals surface area contributed by atoms with Crippen LogP contribution < -0.4 is 4.72 Å². The second-order valence-corrected chi connectivity index (χ2v) is 6.31. The lowest BCUT2D eigenvalue weighted by molar-refractivity contribution is 0.595. The lowest BCUT2D eigenvalue weighted by Crippen LogP contribution is -2.16. The molecule has 0 amide bonds. The van der Waals surface area contributed by atoms with Gasteiger partial charge < -0.3 is 0 Å². The van der Waals surface area contributed by atoms with Gasteiger partial charge in [-0.05, 0) is 18.2 Å². The Morgan fingerprint density at radius 3 is 2.50 bits per heavy atom. The van der Waals surface area contributed by atoms with Gasteiger partial charge in [0.25, 0.3) is 10.0 Å². The second-order valence-electron chi connectivity index (χ2n) is 3.48. The molecule has 0 saturated heterocycles. The van der Waals surface area contributed by atoms with Gasteiger partial charge in [0.2, 0.25) is 5.95 Å². The van der Waals surface area contributed by atoms with Crippen molar-refractivity contribution < 1.29 is 12.8 Å². The quantitative estimate of drug-likeness (QED) is 0.676. The second kappa shape index (κ2) is 5.69. The first-order chi connectivity index (χ1) is 9.31. The third-order valence-electron chi connectivity index (χ3n) is 2.14. The van der Waals surface area contributed by atoms with Crippen molar-refractivity contribution in [3.63, 3.8) is 0 Å². The highest BCUT2D eigenvalue weighted by atomic mass is 35.5. The fraction of sp³-hybridized carbons (Fsp3) is 0. The zero-order valence-corrected chi connectivity index (χ0v) is 12.5. The van der Waals surface area contributed by atoms with E-state index in [1.54, 1.807) is 0 Å². The van der Waals surface area contributed by atoms with Crippen LogP contribution in [0.25, 0.3) is 0 Å². The van der Waals surface area contributed by atoms with Crippen LogP contribution in [0, 0.1) is 5.82 Å². The molecule has 0 fully saturated rings. The number of rotatable bonds is 3. The molecule has 0 radical (unpaired) electrons. The van der Waals surface area contributed by atoms with E-state index >= 15 is 0 Å². The molecule has 0 aliphatic rings. The highest BCUT2D eigenvalue weighted by molar-refractivity contribution is 7.92. The number of anilines is 1. The Bertz CT molecular complexity index is 770. The fourth-order valence-corrected chi connectivity index (χ4v) is 3.11. The summed E-state index contributed by atoms with van der Waals surface area (Å²) in [6.45, 7) is 0. The summed E-state index contributed by atoms with van der Waals surface area (Å²) in [4.78, 5) is 6.84. The Morgan fingerprint density at radius 2 is 1.85 bits per heavy atom. The van der Waals surface area contributed by atoms with Crippen LogP contribution in [0.2, 0.25) is 15.2 Å². The molecule has 10 heteroatoms. The zero-order valence-electron chi connectivity index (χ0n) is 9.44. The van der Waals surface area contributed by atoms with Gasteiger partial charge in [-0.1, -0.05) is 34.8 Å². The van der Waals surface area contributed by atoms with E-state index in [2.05, 4.69) is 9.97 Å². The van der Waals surface area contributed by atoms with Crippen molar-refractivity contribution in [2.75, 3.05) is 4.72 Å². The molecule has 1 N–H and O–H groups in total.